The van der Waals surface area contributed by atoms with Crippen molar-refractivity contribution in [3.63, 3.8) is 0 Å². The second-order valence-electron chi connectivity index (χ2n) is 8.35. The van der Waals surface area contributed by atoms with Gasteiger partial charge in [-0.05, 0) is 43.7 Å². The van der Waals surface area contributed by atoms with Crippen LogP contribution in [0.2, 0.25) is 0 Å². The monoisotopic (exact) mass is 507 g/mol. The number of amides is 1. The number of ether oxygens (including phenoxy) is 2. The fourth-order valence-corrected chi connectivity index (χ4v) is 4.65. The van der Waals surface area contributed by atoms with Crippen molar-refractivity contribution in [2.75, 3.05) is 14.2 Å². The Balaban J connectivity index is 1.89. The maximum Gasteiger partial charge on any atom is 0.266 e. The quantitative estimate of drug-likeness (QED) is 0.268. The lowest BCUT2D eigenvalue weighted by molar-refractivity contribution is 0.0943. The normalized spacial score (nSPS) is 11.1. The van der Waals surface area contributed by atoms with Crippen LogP contribution in [0.5, 0.6) is 11.5 Å². The summed E-state index contributed by atoms with van der Waals surface area (Å²) in [5.41, 5.74) is 1.41. The first kappa shape index (κ1) is 25.2. The summed E-state index contributed by atoms with van der Waals surface area (Å²) in [4.78, 5) is 31.0. The maximum atomic E-state index is 14.3. The van der Waals surface area contributed by atoms with E-state index in [0.717, 1.165) is 0 Å². The highest BCUT2D eigenvalue weighted by molar-refractivity contribution is 7.98. The van der Waals surface area contributed by atoms with Gasteiger partial charge in [0.05, 0.1) is 30.8 Å². The third-order valence-corrected chi connectivity index (χ3v) is 6.42. The highest BCUT2D eigenvalue weighted by atomic mass is 32.2. The lowest BCUT2D eigenvalue weighted by Crippen LogP contribution is -2.30. The zero-order chi connectivity index (χ0) is 25.8. The molecule has 0 aliphatic heterocycles. The molecule has 0 saturated heterocycles. The molecule has 1 amide bonds. The van der Waals surface area contributed by atoms with Crippen molar-refractivity contribution in [1.82, 2.24) is 14.9 Å². The number of benzene rings is 3. The SMILES string of the molecule is COc1cc(OC)cc(-n2c(SCc3ccccc3F)nc3cc(C(=O)NC(C)C)ccc3c2=O)c1. The molecule has 4 aromatic rings. The number of thioether (sulfide) groups is 1. The number of hydrogen-bond acceptors (Lipinski definition) is 6. The summed E-state index contributed by atoms with van der Waals surface area (Å²) >= 11 is 1.22. The van der Waals surface area contributed by atoms with E-state index in [1.807, 2.05) is 13.8 Å². The summed E-state index contributed by atoms with van der Waals surface area (Å²) in [6.45, 7) is 3.74. The highest BCUT2D eigenvalue weighted by Gasteiger charge is 2.18. The summed E-state index contributed by atoms with van der Waals surface area (Å²) in [5.74, 6) is 0.662. The Labute approximate surface area is 212 Å². The fourth-order valence-electron chi connectivity index (χ4n) is 3.66. The van der Waals surface area contributed by atoms with E-state index in [2.05, 4.69) is 5.32 Å². The van der Waals surface area contributed by atoms with Gasteiger partial charge in [0.1, 0.15) is 17.3 Å². The molecular formula is C27H26FN3O4S. The average molecular weight is 508 g/mol. The van der Waals surface area contributed by atoms with Crippen molar-refractivity contribution in [1.29, 1.82) is 0 Å². The fraction of sp³-hybridized carbons (Fsp3) is 0.222. The van der Waals surface area contributed by atoms with Crippen LogP contribution in [0.4, 0.5) is 4.39 Å². The molecule has 0 unspecified atom stereocenters. The van der Waals surface area contributed by atoms with E-state index in [1.165, 1.54) is 36.6 Å². The van der Waals surface area contributed by atoms with Crippen LogP contribution in [0.1, 0.15) is 29.8 Å². The van der Waals surface area contributed by atoms with Gasteiger partial charge in [-0.2, -0.15) is 0 Å². The molecule has 0 aliphatic carbocycles. The molecule has 4 rings (SSSR count). The number of nitrogens with one attached hydrogen (secondary N) is 1. The molecule has 3 aromatic carbocycles. The standard InChI is InChI=1S/C27H26FN3O4S/c1-16(2)29-25(32)17-9-10-22-24(11-17)30-27(36-15-18-7-5-6-8-23(18)28)31(26(22)33)19-12-20(34-3)14-21(13-19)35-4/h5-14,16H,15H2,1-4H3,(H,29,32). The molecule has 1 N–H and O–H groups in total. The molecule has 0 atom stereocenters. The molecule has 36 heavy (non-hydrogen) atoms. The first-order valence-corrected chi connectivity index (χ1v) is 12.3. The zero-order valence-electron chi connectivity index (χ0n) is 20.4. The van der Waals surface area contributed by atoms with E-state index >= 15 is 0 Å². The Bertz CT molecular complexity index is 1460. The second kappa shape index (κ2) is 10.8. The Hall–Kier alpha value is -3.85. The molecule has 186 valence electrons. The van der Waals surface area contributed by atoms with Gasteiger partial charge in [-0.3, -0.25) is 14.2 Å². The summed E-state index contributed by atoms with van der Waals surface area (Å²) < 4.78 is 26.5. The van der Waals surface area contributed by atoms with Crippen LogP contribution < -0.4 is 20.3 Å². The van der Waals surface area contributed by atoms with Crippen LogP contribution in [-0.2, 0) is 5.75 Å². The molecular weight excluding hydrogens is 481 g/mol. The smallest absolute Gasteiger partial charge is 0.266 e. The Morgan fingerprint density at radius 2 is 1.75 bits per heavy atom. The number of carbonyl (C=O) groups is 1. The molecule has 0 aliphatic rings. The van der Waals surface area contributed by atoms with Gasteiger partial charge in [-0.1, -0.05) is 30.0 Å². The lowest BCUT2D eigenvalue weighted by Gasteiger charge is -2.16. The number of nitrogens with zero attached hydrogens (tertiary/aromatic N) is 2. The minimum Gasteiger partial charge on any atom is -0.497 e. The molecule has 7 nitrogen and oxygen atoms in total. The second-order valence-corrected chi connectivity index (χ2v) is 9.29. The van der Waals surface area contributed by atoms with E-state index in [4.69, 9.17) is 14.5 Å². The van der Waals surface area contributed by atoms with Crippen molar-refractivity contribution in [3.05, 3.63) is 88.0 Å². The molecule has 9 heteroatoms. The Morgan fingerprint density at radius 3 is 2.39 bits per heavy atom. The van der Waals surface area contributed by atoms with E-state index in [-0.39, 0.29) is 29.1 Å². The summed E-state index contributed by atoms with van der Waals surface area (Å²) in [6.07, 6.45) is 0. The van der Waals surface area contributed by atoms with Crippen LogP contribution in [0.3, 0.4) is 0 Å². The first-order valence-electron chi connectivity index (χ1n) is 11.3. The number of carbonyl (C=O) groups excluding carboxylic acids is 1. The van der Waals surface area contributed by atoms with Crippen LogP contribution in [0.15, 0.2) is 70.6 Å². The first-order chi connectivity index (χ1) is 17.3. The van der Waals surface area contributed by atoms with E-state index in [0.29, 0.717) is 44.4 Å². The molecule has 1 heterocycles. The minimum atomic E-state index is -0.338. The van der Waals surface area contributed by atoms with Gasteiger partial charge in [-0.15, -0.1) is 0 Å². The minimum absolute atomic E-state index is 0.0379. The van der Waals surface area contributed by atoms with Crippen LogP contribution >= 0.6 is 11.8 Å². The average Bonchev–Trinajstić information content (AvgIpc) is 2.87. The molecule has 0 spiro atoms. The highest BCUT2D eigenvalue weighted by Crippen LogP contribution is 2.30. The number of hydrogen-bond donors (Lipinski definition) is 1. The van der Waals surface area contributed by atoms with Crippen molar-refractivity contribution in [2.45, 2.75) is 30.8 Å². The van der Waals surface area contributed by atoms with Crippen molar-refractivity contribution >= 4 is 28.6 Å². The number of methoxy groups -OCH3 is 2. The van der Waals surface area contributed by atoms with Crippen molar-refractivity contribution < 1.29 is 18.7 Å². The molecule has 0 radical (unpaired) electrons. The number of fused-ring (bicyclic) bond motifs is 1. The maximum absolute atomic E-state index is 14.3. The summed E-state index contributed by atoms with van der Waals surface area (Å²) in [5, 5.41) is 3.52. The van der Waals surface area contributed by atoms with Gasteiger partial charge in [0.2, 0.25) is 0 Å². The molecule has 1 aromatic heterocycles. The topological polar surface area (TPSA) is 82.4 Å². The van der Waals surface area contributed by atoms with E-state index in [1.54, 1.807) is 54.6 Å². The van der Waals surface area contributed by atoms with Crippen molar-refractivity contribution in [2.24, 2.45) is 0 Å². The van der Waals surface area contributed by atoms with E-state index in [9.17, 15) is 14.0 Å². The number of rotatable bonds is 8. The summed E-state index contributed by atoms with van der Waals surface area (Å²) in [6, 6.07) is 16.3. The predicted octanol–water partition coefficient (Wildman–Crippen LogP) is 4.97. The molecule has 0 bridgehead atoms. The Kier molecular flexibility index (Phi) is 7.59. The van der Waals surface area contributed by atoms with Crippen LogP contribution in [-0.4, -0.2) is 35.7 Å². The lowest BCUT2D eigenvalue weighted by atomic mass is 10.1. The van der Waals surface area contributed by atoms with Gasteiger partial charge < -0.3 is 14.8 Å². The third kappa shape index (κ3) is 5.36. The summed E-state index contributed by atoms with van der Waals surface area (Å²) in [7, 11) is 3.05. The number of halogens is 1. The number of aromatic nitrogens is 2. The largest absolute Gasteiger partial charge is 0.497 e. The van der Waals surface area contributed by atoms with Gasteiger partial charge >= 0.3 is 0 Å². The van der Waals surface area contributed by atoms with Gasteiger partial charge in [0, 0.05) is 35.6 Å². The van der Waals surface area contributed by atoms with Crippen LogP contribution in [0.25, 0.3) is 16.6 Å². The molecule has 0 fully saturated rings. The van der Waals surface area contributed by atoms with Gasteiger partial charge in [0.25, 0.3) is 11.5 Å². The Morgan fingerprint density at radius 1 is 1.06 bits per heavy atom. The van der Waals surface area contributed by atoms with Crippen molar-refractivity contribution in [3.8, 4) is 17.2 Å². The van der Waals surface area contributed by atoms with Gasteiger partial charge in [0.15, 0.2) is 5.16 Å². The van der Waals surface area contributed by atoms with Gasteiger partial charge in [-0.25, -0.2) is 9.37 Å². The predicted molar refractivity (Wildman–Crippen MR) is 139 cm³/mol. The van der Waals surface area contributed by atoms with E-state index < -0.39 is 0 Å². The van der Waals surface area contributed by atoms with Crippen LogP contribution in [0, 0.1) is 5.82 Å². The molecule has 0 saturated carbocycles. The zero-order valence-corrected chi connectivity index (χ0v) is 21.2. The third-order valence-electron chi connectivity index (χ3n) is 5.43.